The molecule has 0 spiro atoms. The maximum Gasteiger partial charge on any atom is 0.264 e. The summed E-state index contributed by atoms with van der Waals surface area (Å²) < 4.78 is 8.53. The number of carbonyl (C=O) groups excluding carboxylic acids is 1. The molecule has 148 valence electrons. The van der Waals surface area contributed by atoms with Crippen molar-refractivity contribution in [2.24, 2.45) is 7.05 Å². The van der Waals surface area contributed by atoms with E-state index in [1.807, 2.05) is 30.6 Å². The molecule has 1 aromatic carbocycles. The Morgan fingerprint density at radius 1 is 1.32 bits per heavy atom. The summed E-state index contributed by atoms with van der Waals surface area (Å²) in [5.74, 6) is 1.33. The molecule has 0 aliphatic rings. The van der Waals surface area contributed by atoms with E-state index in [0.717, 1.165) is 21.5 Å². The number of rotatable bonds is 7. The predicted molar refractivity (Wildman–Crippen MR) is 116 cm³/mol. The number of carbonyl (C=O) groups is 1. The molecule has 0 bridgehead atoms. The van der Waals surface area contributed by atoms with Gasteiger partial charge in [0, 0.05) is 19.7 Å². The van der Waals surface area contributed by atoms with Crippen molar-refractivity contribution in [3.05, 3.63) is 68.1 Å². The van der Waals surface area contributed by atoms with Gasteiger partial charge < -0.3 is 9.64 Å². The summed E-state index contributed by atoms with van der Waals surface area (Å²) in [6.07, 6.45) is 1.74. The second-order valence-electron chi connectivity index (χ2n) is 7.06. The molecule has 3 aromatic rings. The highest BCUT2D eigenvalue weighted by Crippen LogP contribution is 2.23. The van der Waals surface area contributed by atoms with Crippen molar-refractivity contribution in [2.75, 3.05) is 7.05 Å². The Morgan fingerprint density at radius 2 is 2.04 bits per heavy atom. The number of benzene rings is 1. The smallest absolute Gasteiger partial charge is 0.264 e. The molecule has 0 saturated heterocycles. The zero-order valence-electron chi connectivity index (χ0n) is 16.5. The van der Waals surface area contributed by atoms with Gasteiger partial charge in [0.2, 0.25) is 0 Å². The second-order valence-corrected chi connectivity index (χ2v) is 8.82. The number of hydrogen-bond donors (Lipinski definition) is 0. The van der Waals surface area contributed by atoms with Crippen LogP contribution in [0, 0.1) is 0 Å². The van der Waals surface area contributed by atoms with Crippen LogP contribution in [0.4, 0.5) is 0 Å². The first kappa shape index (κ1) is 20.6. The van der Waals surface area contributed by atoms with Crippen molar-refractivity contribution >= 4 is 33.2 Å². The number of halogens is 1. The minimum absolute atomic E-state index is 0.00867. The van der Waals surface area contributed by atoms with Crippen molar-refractivity contribution in [3.8, 4) is 5.75 Å². The molecule has 0 aliphatic carbocycles. The Bertz CT molecular complexity index is 927. The number of ether oxygens (including phenoxy) is 1. The molecule has 0 atom stereocenters. The standard InChI is InChI=1S/C21H24BrN3O2S/c1-14(2)16-5-7-17(8-6-16)27-12-15-9-20(28-13-15)21(26)24(3)11-19-18(22)10-23-25(19)4/h5-10,13-14H,11-12H2,1-4H3. The van der Waals surface area contributed by atoms with Gasteiger partial charge in [0.05, 0.1) is 27.8 Å². The number of thiophene rings is 1. The molecule has 1 amide bonds. The minimum atomic E-state index is -0.00867. The third-order valence-corrected chi connectivity index (χ3v) is 6.19. The van der Waals surface area contributed by atoms with Gasteiger partial charge in [-0.1, -0.05) is 26.0 Å². The van der Waals surface area contributed by atoms with Crippen molar-refractivity contribution in [1.82, 2.24) is 14.7 Å². The number of hydrogen-bond acceptors (Lipinski definition) is 4. The zero-order valence-corrected chi connectivity index (χ0v) is 18.9. The first-order valence-electron chi connectivity index (χ1n) is 9.07. The van der Waals surface area contributed by atoms with Gasteiger partial charge in [0.15, 0.2) is 0 Å². The van der Waals surface area contributed by atoms with E-state index in [2.05, 4.69) is 47.0 Å². The molecule has 2 heterocycles. The van der Waals surface area contributed by atoms with Crippen LogP contribution in [0.5, 0.6) is 5.75 Å². The van der Waals surface area contributed by atoms with Crippen molar-refractivity contribution in [1.29, 1.82) is 0 Å². The fourth-order valence-electron chi connectivity index (χ4n) is 2.78. The second kappa shape index (κ2) is 8.92. The number of aryl methyl sites for hydroxylation is 1. The molecule has 0 aliphatic heterocycles. The van der Waals surface area contributed by atoms with Crippen LogP contribution in [0.15, 0.2) is 46.4 Å². The van der Waals surface area contributed by atoms with Gasteiger partial charge in [-0.15, -0.1) is 11.3 Å². The molecule has 28 heavy (non-hydrogen) atoms. The highest BCUT2D eigenvalue weighted by molar-refractivity contribution is 9.10. The molecule has 0 radical (unpaired) electrons. The molecule has 0 N–H and O–H groups in total. The molecule has 7 heteroatoms. The van der Waals surface area contributed by atoms with Gasteiger partial charge in [-0.25, -0.2) is 0 Å². The van der Waals surface area contributed by atoms with E-state index in [1.54, 1.807) is 22.8 Å². The Kier molecular flexibility index (Phi) is 6.57. The third kappa shape index (κ3) is 4.83. The van der Waals surface area contributed by atoms with Gasteiger partial charge >= 0.3 is 0 Å². The Balaban J connectivity index is 1.59. The normalized spacial score (nSPS) is 11.1. The monoisotopic (exact) mass is 461 g/mol. The highest BCUT2D eigenvalue weighted by Gasteiger charge is 2.17. The predicted octanol–water partition coefficient (Wildman–Crippen LogP) is 5.22. The first-order chi connectivity index (χ1) is 13.3. The van der Waals surface area contributed by atoms with Crippen LogP contribution in [0.25, 0.3) is 0 Å². The number of amides is 1. The Morgan fingerprint density at radius 3 is 2.64 bits per heavy atom. The van der Waals surface area contributed by atoms with Crippen LogP contribution in [0.3, 0.4) is 0 Å². The van der Waals surface area contributed by atoms with E-state index >= 15 is 0 Å². The van der Waals surface area contributed by atoms with Crippen LogP contribution in [0.1, 0.15) is 46.3 Å². The van der Waals surface area contributed by atoms with Crippen molar-refractivity contribution < 1.29 is 9.53 Å². The van der Waals surface area contributed by atoms with Gasteiger partial charge in [-0.3, -0.25) is 9.48 Å². The van der Waals surface area contributed by atoms with E-state index in [1.165, 1.54) is 16.9 Å². The van der Waals surface area contributed by atoms with Crippen molar-refractivity contribution in [2.45, 2.75) is 32.9 Å². The number of nitrogens with zero attached hydrogens (tertiary/aromatic N) is 3. The third-order valence-electron chi connectivity index (χ3n) is 4.56. The lowest BCUT2D eigenvalue weighted by atomic mass is 10.0. The van der Waals surface area contributed by atoms with Crippen LogP contribution >= 0.6 is 27.3 Å². The van der Waals surface area contributed by atoms with E-state index in [9.17, 15) is 4.79 Å². The Hall–Kier alpha value is -2.12. The van der Waals surface area contributed by atoms with Crippen LogP contribution in [-0.4, -0.2) is 27.6 Å². The molecule has 2 aromatic heterocycles. The van der Waals surface area contributed by atoms with E-state index in [4.69, 9.17) is 4.74 Å². The molecule has 0 unspecified atom stereocenters. The lowest BCUT2D eigenvalue weighted by Crippen LogP contribution is -2.26. The lowest BCUT2D eigenvalue weighted by Gasteiger charge is -2.16. The summed E-state index contributed by atoms with van der Waals surface area (Å²) in [5, 5.41) is 6.17. The summed E-state index contributed by atoms with van der Waals surface area (Å²) in [7, 11) is 3.67. The average molecular weight is 462 g/mol. The quantitative estimate of drug-likeness (QED) is 0.484. The highest BCUT2D eigenvalue weighted by atomic mass is 79.9. The SMILES string of the molecule is CC(C)c1ccc(OCc2csc(C(=O)N(C)Cc3c(Br)cnn3C)c2)cc1. The maximum atomic E-state index is 12.7. The lowest BCUT2D eigenvalue weighted by molar-refractivity contribution is 0.0786. The van der Waals surface area contributed by atoms with Gasteiger partial charge in [-0.2, -0.15) is 5.10 Å². The number of aromatic nitrogens is 2. The van der Waals surface area contributed by atoms with E-state index < -0.39 is 0 Å². The van der Waals surface area contributed by atoms with Gasteiger partial charge in [-0.05, 0) is 51.0 Å². The topological polar surface area (TPSA) is 47.4 Å². The van der Waals surface area contributed by atoms with E-state index in [0.29, 0.717) is 23.9 Å². The van der Waals surface area contributed by atoms with Crippen LogP contribution < -0.4 is 4.74 Å². The molecular formula is C21H24BrN3O2S. The largest absolute Gasteiger partial charge is 0.489 e. The Labute approximate surface area is 178 Å². The maximum absolute atomic E-state index is 12.7. The fourth-order valence-corrected chi connectivity index (χ4v) is 4.14. The summed E-state index contributed by atoms with van der Waals surface area (Å²) in [5.41, 5.74) is 3.25. The summed E-state index contributed by atoms with van der Waals surface area (Å²) in [4.78, 5) is 15.1. The van der Waals surface area contributed by atoms with Crippen LogP contribution in [-0.2, 0) is 20.2 Å². The molecule has 0 fully saturated rings. The average Bonchev–Trinajstić information content (AvgIpc) is 3.28. The van der Waals surface area contributed by atoms with Gasteiger partial charge in [0.25, 0.3) is 5.91 Å². The summed E-state index contributed by atoms with van der Waals surface area (Å²) in [6, 6.07) is 10.1. The molecule has 5 nitrogen and oxygen atoms in total. The van der Waals surface area contributed by atoms with Gasteiger partial charge in [0.1, 0.15) is 12.4 Å². The fraction of sp³-hybridized carbons (Fsp3) is 0.333. The summed E-state index contributed by atoms with van der Waals surface area (Å²) in [6.45, 7) is 5.28. The molecule has 0 saturated carbocycles. The van der Waals surface area contributed by atoms with Crippen LogP contribution in [0.2, 0.25) is 0 Å². The van der Waals surface area contributed by atoms with E-state index in [-0.39, 0.29) is 5.91 Å². The van der Waals surface area contributed by atoms with Crippen molar-refractivity contribution in [3.63, 3.8) is 0 Å². The molecular weight excluding hydrogens is 438 g/mol. The minimum Gasteiger partial charge on any atom is -0.489 e. The first-order valence-corrected chi connectivity index (χ1v) is 10.7. The molecule has 3 rings (SSSR count). The summed E-state index contributed by atoms with van der Waals surface area (Å²) >= 11 is 4.92. The zero-order chi connectivity index (χ0) is 20.3.